The highest BCUT2D eigenvalue weighted by atomic mass is 35.5. The van der Waals surface area contributed by atoms with Crippen molar-refractivity contribution in [2.75, 3.05) is 0 Å². The molecule has 52 valence electrons. The SMILES string of the molecule is C=C(Cl)C[n+]1ccccc1. The molecule has 0 aromatic carbocycles. The Balaban J connectivity index is 2.67. The maximum Gasteiger partial charge on any atom is 0.183 e. The highest BCUT2D eigenvalue weighted by Gasteiger charge is 1.96. The van der Waals surface area contributed by atoms with E-state index in [0.717, 1.165) is 0 Å². The van der Waals surface area contributed by atoms with Gasteiger partial charge in [0, 0.05) is 12.1 Å². The van der Waals surface area contributed by atoms with Crippen LogP contribution in [-0.2, 0) is 6.54 Å². The first-order valence-corrected chi connectivity index (χ1v) is 3.44. The predicted octanol–water partition coefficient (Wildman–Crippen LogP) is 1.73. The third-order valence-electron chi connectivity index (χ3n) is 1.13. The fourth-order valence-corrected chi connectivity index (χ4v) is 0.876. The molecule has 1 heterocycles. The Morgan fingerprint density at radius 1 is 1.30 bits per heavy atom. The summed E-state index contributed by atoms with van der Waals surface area (Å²) in [4.78, 5) is 0. The molecule has 0 bridgehead atoms. The van der Waals surface area contributed by atoms with Gasteiger partial charge in [0.25, 0.3) is 0 Å². The Bertz CT molecular complexity index is 218. The molecule has 0 radical (unpaired) electrons. The average molecular weight is 155 g/mol. The zero-order valence-electron chi connectivity index (χ0n) is 5.63. The average Bonchev–Trinajstić information content (AvgIpc) is 1.88. The topological polar surface area (TPSA) is 3.88 Å². The van der Waals surface area contributed by atoms with Gasteiger partial charge in [-0.1, -0.05) is 24.2 Å². The lowest BCUT2D eigenvalue weighted by Crippen LogP contribution is -2.32. The van der Waals surface area contributed by atoms with Gasteiger partial charge in [-0.3, -0.25) is 0 Å². The zero-order chi connectivity index (χ0) is 7.40. The summed E-state index contributed by atoms with van der Waals surface area (Å²) < 4.78 is 1.97. The minimum absolute atomic E-state index is 0.649. The van der Waals surface area contributed by atoms with Gasteiger partial charge in [0.1, 0.15) is 0 Å². The molecule has 1 aromatic rings. The summed E-state index contributed by atoms with van der Waals surface area (Å²) in [5, 5.41) is 0.649. The third kappa shape index (κ3) is 2.19. The van der Waals surface area contributed by atoms with Crippen LogP contribution in [0.15, 0.2) is 42.2 Å². The lowest BCUT2D eigenvalue weighted by molar-refractivity contribution is -0.687. The van der Waals surface area contributed by atoms with E-state index in [4.69, 9.17) is 11.6 Å². The summed E-state index contributed by atoms with van der Waals surface area (Å²) in [6, 6.07) is 5.88. The smallest absolute Gasteiger partial charge is 0.183 e. The maximum atomic E-state index is 5.60. The Morgan fingerprint density at radius 2 is 1.90 bits per heavy atom. The highest BCUT2D eigenvalue weighted by molar-refractivity contribution is 6.29. The molecule has 0 atom stereocenters. The first kappa shape index (κ1) is 7.29. The first-order chi connectivity index (χ1) is 4.79. The second kappa shape index (κ2) is 3.37. The summed E-state index contributed by atoms with van der Waals surface area (Å²) in [6.07, 6.45) is 3.90. The van der Waals surface area contributed by atoms with Crippen LogP contribution in [0.3, 0.4) is 0 Å². The van der Waals surface area contributed by atoms with Crippen molar-refractivity contribution in [2.45, 2.75) is 6.54 Å². The van der Waals surface area contributed by atoms with E-state index in [1.807, 2.05) is 35.2 Å². The van der Waals surface area contributed by atoms with E-state index in [2.05, 4.69) is 6.58 Å². The molecule has 1 nitrogen and oxygen atoms in total. The van der Waals surface area contributed by atoms with E-state index in [-0.39, 0.29) is 0 Å². The molecule has 0 N–H and O–H groups in total. The molecule has 0 unspecified atom stereocenters. The van der Waals surface area contributed by atoms with Gasteiger partial charge in [0.15, 0.2) is 18.9 Å². The minimum Gasteiger partial charge on any atom is -0.200 e. The number of pyridine rings is 1. The van der Waals surface area contributed by atoms with Gasteiger partial charge >= 0.3 is 0 Å². The van der Waals surface area contributed by atoms with Gasteiger partial charge in [0.2, 0.25) is 0 Å². The Hall–Kier alpha value is -0.820. The normalized spacial score (nSPS) is 9.30. The summed E-state index contributed by atoms with van der Waals surface area (Å²) in [7, 11) is 0. The van der Waals surface area contributed by atoms with Crippen molar-refractivity contribution < 1.29 is 4.57 Å². The van der Waals surface area contributed by atoms with Crippen LogP contribution >= 0.6 is 11.6 Å². The van der Waals surface area contributed by atoms with Crippen LogP contribution in [0.4, 0.5) is 0 Å². The minimum atomic E-state index is 0.649. The van der Waals surface area contributed by atoms with Crippen molar-refractivity contribution in [3.8, 4) is 0 Å². The first-order valence-electron chi connectivity index (χ1n) is 3.06. The van der Waals surface area contributed by atoms with Crippen molar-refractivity contribution in [3.05, 3.63) is 42.2 Å². The molecule has 0 aliphatic rings. The van der Waals surface area contributed by atoms with Gasteiger partial charge in [-0.15, -0.1) is 0 Å². The molecule has 0 saturated heterocycles. The summed E-state index contributed by atoms with van der Waals surface area (Å²) in [5.41, 5.74) is 0. The van der Waals surface area contributed by atoms with E-state index < -0.39 is 0 Å². The number of hydrogen-bond acceptors (Lipinski definition) is 0. The van der Waals surface area contributed by atoms with Gasteiger partial charge in [-0.25, -0.2) is 0 Å². The fraction of sp³-hybridized carbons (Fsp3) is 0.125. The number of hydrogen-bond donors (Lipinski definition) is 0. The number of nitrogens with zero attached hydrogens (tertiary/aromatic N) is 1. The molecule has 0 fully saturated rings. The molecule has 0 amide bonds. The summed E-state index contributed by atoms with van der Waals surface area (Å²) in [6.45, 7) is 4.28. The lowest BCUT2D eigenvalue weighted by Gasteiger charge is -1.90. The Kier molecular flexibility index (Phi) is 2.46. The summed E-state index contributed by atoms with van der Waals surface area (Å²) in [5.74, 6) is 0. The van der Waals surface area contributed by atoms with Gasteiger partial charge in [-0.2, -0.15) is 4.57 Å². The highest BCUT2D eigenvalue weighted by Crippen LogP contribution is 1.94. The molecule has 0 saturated carbocycles. The lowest BCUT2D eigenvalue weighted by atomic mass is 10.5. The van der Waals surface area contributed by atoms with Crippen LogP contribution < -0.4 is 4.57 Å². The molecule has 0 aliphatic carbocycles. The molecule has 1 rings (SSSR count). The van der Waals surface area contributed by atoms with Gasteiger partial charge in [0.05, 0.1) is 5.03 Å². The van der Waals surface area contributed by atoms with E-state index in [1.54, 1.807) is 0 Å². The number of rotatable bonds is 2. The van der Waals surface area contributed by atoms with E-state index in [0.29, 0.717) is 11.6 Å². The molecule has 0 aliphatic heterocycles. The van der Waals surface area contributed by atoms with Gasteiger partial charge in [-0.05, 0) is 0 Å². The number of allylic oxidation sites excluding steroid dienone is 1. The van der Waals surface area contributed by atoms with Crippen LogP contribution in [0, 0.1) is 0 Å². The Labute approximate surface area is 65.6 Å². The summed E-state index contributed by atoms with van der Waals surface area (Å²) >= 11 is 5.60. The second-order valence-corrected chi connectivity index (χ2v) is 2.60. The van der Waals surface area contributed by atoms with Crippen molar-refractivity contribution in [1.82, 2.24) is 0 Å². The third-order valence-corrected chi connectivity index (χ3v) is 1.25. The van der Waals surface area contributed by atoms with Crippen LogP contribution in [0.25, 0.3) is 0 Å². The fourth-order valence-electron chi connectivity index (χ4n) is 0.738. The van der Waals surface area contributed by atoms with Crippen LogP contribution in [0.2, 0.25) is 0 Å². The van der Waals surface area contributed by atoms with Crippen molar-refractivity contribution in [3.63, 3.8) is 0 Å². The molecule has 10 heavy (non-hydrogen) atoms. The molecular formula is C8H9ClN+. The number of halogens is 1. The van der Waals surface area contributed by atoms with Crippen molar-refractivity contribution in [1.29, 1.82) is 0 Å². The predicted molar refractivity (Wildman–Crippen MR) is 41.6 cm³/mol. The number of aromatic nitrogens is 1. The maximum absolute atomic E-state index is 5.60. The van der Waals surface area contributed by atoms with Crippen LogP contribution in [0.1, 0.15) is 0 Å². The largest absolute Gasteiger partial charge is 0.200 e. The molecular weight excluding hydrogens is 146 g/mol. The van der Waals surface area contributed by atoms with Crippen molar-refractivity contribution >= 4 is 11.6 Å². The van der Waals surface area contributed by atoms with Crippen LogP contribution in [0.5, 0.6) is 0 Å². The molecule has 2 heteroatoms. The quantitative estimate of drug-likeness (QED) is 0.572. The standard InChI is InChI=1S/C8H9ClN/c1-8(9)7-10-5-3-2-4-6-10/h2-6H,1,7H2/q+1. The Morgan fingerprint density at radius 3 is 2.40 bits per heavy atom. The van der Waals surface area contributed by atoms with E-state index in [9.17, 15) is 0 Å². The van der Waals surface area contributed by atoms with Crippen molar-refractivity contribution in [2.24, 2.45) is 0 Å². The second-order valence-electron chi connectivity index (χ2n) is 2.07. The zero-order valence-corrected chi connectivity index (χ0v) is 6.38. The molecule has 0 spiro atoms. The molecule has 1 aromatic heterocycles. The van der Waals surface area contributed by atoms with E-state index in [1.165, 1.54) is 0 Å². The van der Waals surface area contributed by atoms with E-state index >= 15 is 0 Å². The van der Waals surface area contributed by atoms with Crippen LogP contribution in [-0.4, -0.2) is 0 Å². The monoisotopic (exact) mass is 154 g/mol. The van der Waals surface area contributed by atoms with Gasteiger partial charge < -0.3 is 0 Å².